The highest BCUT2D eigenvalue weighted by Crippen LogP contribution is 3.02. The van der Waals surface area contributed by atoms with Gasteiger partial charge in [-0.15, -0.1) is 0 Å². The van der Waals surface area contributed by atoms with Crippen LogP contribution in [0.3, 0.4) is 0 Å². The Kier molecular flexibility index (Phi) is 6.22. The Morgan fingerprint density at radius 3 is 1.94 bits per heavy atom. The van der Waals surface area contributed by atoms with Crippen LogP contribution in [-0.4, -0.2) is 0 Å². The van der Waals surface area contributed by atoms with Crippen LogP contribution >= 0.6 is 10.2 Å². The van der Waals surface area contributed by atoms with Crippen molar-refractivity contribution < 1.29 is 41.7 Å². The zero-order valence-electron chi connectivity index (χ0n) is 17.6. The minimum Gasteiger partial charge on any atom is -0.426 e. The second-order valence-corrected chi connectivity index (χ2v) is 10.8. The lowest BCUT2D eigenvalue weighted by atomic mass is 9.77. The van der Waals surface area contributed by atoms with Gasteiger partial charge in [-0.2, -0.15) is 13.2 Å². The number of ether oxygens (including phenoxy) is 1. The molecule has 0 N–H and O–H groups in total. The van der Waals surface area contributed by atoms with Crippen molar-refractivity contribution in [3.05, 3.63) is 59.2 Å². The molecule has 0 aliphatic heterocycles. The Morgan fingerprint density at radius 1 is 0.848 bits per heavy atom. The minimum atomic E-state index is -10.0. The highest BCUT2D eigenvalue weighted by molar-refractivity contribution is 8.45. The summed E-state index contributed by atoms with van der Waals surface area (Å²) in [5.74, 6) is -3.85. The Bertz CT molecular complexity index is 996. The molecule has 1 aliphatic rings. The van der Waals surface area contributed by atoms with Crippen LogP contribution in [0.5, 0.6) is 5.75 Å². The van der Waals surface area contributed by atoms with Crippen LogP contribution in [0, 0.1) is 17.6 Å². The second-order valence-electron chi connectivity index (χ2n) is 8.40. The first-order valence-electron chi connectivity index (χ1n) is 10.4. The van der Waals surface area contributed by atoms with Crippen molar-refractivity contribution in [1.82, 2.24) is 0 Å². The lowest BCUT2D eigenvalue weighted by molar-refractivity contribution is -0.187. The van der Waals surface area contributed by atoms with Gasteiger partial charge in [-0.3, -0.25) is 0 Å². The van der Waals surface area contributed by atoms with Crippen molar-refractivity contribution in [3.63, 3.8) is 0 Å². The molecule has 2 aromatic carbocycles. The highest BCUT2D eigenvalue weighted by Gasteiger charge is 2.65. The third-order valence-corrected chi connectivity index (χ3v) is 7.10. The summed E-state index contributed by atoms with van der Waals surface area (Å²) in [6, 6.07) is 1.79. The van der Waals surface area contributed by atoms with Gasteiger partial charge in [0.2, 0.25) is 5.82 Å². The molecule has 0 aromatic heterocycles. The van der Waals surface area contributed by atoms with Crippen molar-refractivity contribution in [1.29, 1.82) is 0 Å². The molecule has 0 atom stereocenters. The lowest BCUT2D eigenvalue weighted by Gasteiger charge is -2.40. The van der Waals surface area contributed by atoms with E-state index >= 15 is 0 Å². The molecular formula is C22H23F9OS. The monoisotopic (exact) mass is 506 g/mol. The normalized spacial score (nSPS) is 21.9. The van der Waals surface area contributed by atoms with Gasteiger partial charge in [0, 0.05) is 0 Å². The molecule has 11 heteroatoms. The summed E-state index contributed by atoms with van der Waals surface area (Å²) in [5.41, 5.74) is -1.18. The quantitative estimate of drug-likeness (QED) is 0.340. The fraction of sp³-hybridized carbons (Fsp3) is 0.455. The standard InChI is InChI=1S/C22H23F9OS/c1-2-3-14-4-6-15(7-5-14)18-12-13-19(21(24)20(18)23)32-22(25,26)16-8-10-17(11-9-16)33(27,28,29,30)31/h8-15H,2-7H2,1H3. The second kappa shape index (κ2) is 8.02. The zero-order valence-corrected chi connectivity index (χ0v) is 18.4. The molecule has 186 valence electrons. The Morgan fingerprint density at radius 2 is 1.42 bits per heavy atom. The van der Waals surface area contributed by atoms with Crippen LogP contribution in [0.1, 0.15) is 62.5 Å². The maximum Gasteiger partial charge on any atom is 0.426 e. The van der Waals surface area contributed by atoms with E-state index in [1.54, 1.807) is 0 Å². The Labute approximate surface area is 185 Å². The summed E-state index contributed by atoms with van der Waals surface area (Å²) in [6.07, 6.45) is 0.653. The molecule has 1 fully saturated rings. The molecule has 0 heterocycles. The van der Waals surface area contributed by atoms with Crippen molar-refractivity contribution in [3.8, 4) is 5.75 Å². The summed E-state index contributed by atoms with van der Waals surface area (Å²) >= 11 is 0. The van der Waals surface area contributed by atoms with Gasteiger partial charge in [0.25, 0.3) is 0 Å². The fourth-order valence-corrected chi connectivity index (χ4v) is 4.86. The van der Waals surface area contributed by atoms with E-state index in [0.717, 1.165) is 37.8 Å². The van der Waals surface area contributed by atoms with Crippen molar-refractivity contribution in [2.24, 2.45) is 5.92 Å². The number of hydrogen-bond acceptors (Lipinski definition) is 1. The van der Waals surface area contributed by atoms with E-state index in [2.05, 4.69) is 11.7 Å². The van der Waals surface area contributed by atoms with Gasteiger partial charge in [0.1, 0.15) is 4.90 Å². The molecular weight excluding hydrogens is 483 g/mol. The summed E-state index contributed by atoms with van der Waals surface area (Å²) in [4.78, 5) is -2.36. The number of rotatable bonds is 7. The molecule has 0 saturated heterocycles. The van der Waals surface area contributed by atoms with Crippen LogP contribution in [0.2, 0.25) is 0 Å². The molecule has 0 unspecified atom stereocenters. The van der Waals surface area contributed by atoms with Crippen molar-refractivity contribution in [2.75, 3.05) is 0 Å². The van der Waals surface area contributed by atoms with Gasteiger partial charge in [0.15, 0.2) is 11.6 Å². The maximum atomic E-state index is 14.6. The van der Waals surface area contributed by atoms with Gasteiger partial charge in [-0.1, -0.05) is 45.3 Å². The number of alkyl halides is 2. The third kappa shape index (κ3) is 5.91. The van der Waals surface area contributed by atoms with Gasteiger partial charge in [-0.05, 0) is 73.4 Å². The molecule has 0 spiro atoms. The van der Waals surface area contributed by atoms with Crippen molar-refractivity contribution >= 4 is 10.2 Å². The smallest absolute Gasteiger partial charge is 0.426 e. The number of benzene rings is 2. The van der Waals surface area contributed by atoms with E-state index in [1.807, 2.05) is 0 Å². The van der Waals surface area contributed by atoms with E-state index in [4.69, 9.17) is 0 Å². The lowest BCUT2D eigenvalue weighted by Crippen LogP contribution is -2.23. The van der Waals surface area contributed by atoms with Crippen LogP contribution in [0.15, 0.2) is 41.3 Å². The molecule has 1 saturated carbocycles. The van der Waals surface area contributed by atoms with Crippen LogP contribution in [0.4, 0.5) is 37.0 Å². The molecule has 2 aromatic rings. The molecule has 0 amide bonds. The SMILES string of the molecule is CCCC1CCC(c2ccc(OC(F)(F)c3ccc(S(F)(F)(F)(F)F)cc3)c(F)c2F)CC1. The molecule has 33 heavy (non-hydrogen) atoms. The van der Waals surface area contributed by atoms with Crippen LogP contribution in [-0.2, 0) is 6.11 Å². The van der Waals surface area contributed by atoms with E-state index < -0.39 is 44.2 Å². The third-order valence-electron chi connectivity index (χ3n) is 5.93. The fourth-order valence-electron chi connectivity index (χ4n) is 4.21. The number of halogens is 9. The average Bonchev–Trinajstić information content (AvgIpc) is 2.71. The molecule has 1 nitrogen and oxygen atoms in total. The summed E-state index contributed by atoms with van der Waals surface area (Å²) < 4.78 is 126. The Balaban J connectivity index is 1.79. The summed E-state index contributed by atoms with van der Waals surface area (Å²) in [5, 5.41) is 0. The molecule has 0 bridgehead atoms. The predicted molar refractivity (Wildman–Crippen MR) is 108 cm³/mol. The predicted octanol–water partition coefficient (Wildman–Crippen LogP) is 9.82. The first kappa shape index (κ1) is 25.6. The first-order valence-corrected chi connectivity index (χ1v) is 12.4. The van der Waals surface area contributed by atoms with Gasteiger partial charge in [-0.25, -0.2) is 4.39 Å². The minimum absolute atomic E-state index is 0.0540. The van der Waals surface area contributed by atoms with E-state index in [9.17, 15) is 37.0 Å². The highest BCUT2D eigenvalue weighted by atomic mass is 32.5. The number of hydrogen-bond donors (Lipinski definition) is 0. The zero-order chi connectivity index (χ0) is 24.7. The van der Waals surface area contributed by atoms with Crippen LogP contribution < -0.4 is 4.74 Å². The maximum absolute atomic E-state index is 14.6. The van der Waals surface area contributed by atoms with E-state index in [1.165, 1.54) is 0 Å². The molecule has 1 aliphatic carbocycles. The summed E-state index contributed by atoms with van der Waals surface area (Å²) in [7, 11) is -10.0. The van der Waals surface area contributed by atoms with Gasteiger partial charge < -0.3 is 4.74 Å². The van der Waals surface area contributed by atoms with Crippen molar-refractivity contribution in [2.45, 2.75) is 62.4 Å². The van der Waals surface area contributed by atoms with Gasteiger partial charge >= 0.3 is 16.3 Å². The Hall–Kier alpha value is -2.04. The van der Waals surface area contributed by atoms with Gasteiger partial charge in [0.05, 0.1) is 5.56 Å². The van der Waals surface area contributed by atoms with E-state index in [0.29, 0.717) is 18.8 Å². The van der Waals surface area contributed by atoms with Crippen LogP contribution in [0.25, 0.3) is 0 Å². The first-order chi connectivity index (χ1) is 15.0. The molecule has 3 rings (SSSR count). The topological polar surface area (TPSA) is 9.23 Å². The van der Waals surface area contributed by atoms with E-state index in [-0.39, 0.29) is 35.7 Å². The molecule has 0 radical (unpaired) electrons. The largest absolute Gasteiger partial charge is 0.426 e. The average molecular weight is 506 g/mol. The summed E-state index contributed by atoms with van der Waals surface area (Å²) in [6.45, 7) is 2.07.